The molecule has 1 amide bonds. The molecule has 0 saturated heterocycles. The number of aromatic nitrogens is 1. The minimum Gasteiger partial charge on any atom is -0.456 e. The van der Waals surface area contributed by atoms with Gasteiger partial charge in [0.05, 0.1) is 5.69 Å². The Morgan fingerprint density at radius 1 is 1.13 bits per heavy atom. The highest BCUT2D eigenvalue weighted by Crippen LogP contribution is 2.24. The highest BCUT2D eigenvalue weighted by atomic mass is 19.1. The Labute approximate surface area is 175 Å². The Kier molecular flexibility index (Phi) is 7.03. The van der Waals surface area contributed by atoms with E-state index in [2.05, 4.69) is 5.32 Å². The van der Waals surface area contributed by atoms with Gasteiger partial charge >= 0.3 is 5.97 Å². The molecule has 30 heavy (non-hydrogen) atoms. The summed E-state index contributed by atoms with van der Waals surface area (Å²) in [7, 11) is 0. The molecule has 0 radical (unpaired) electrons. The van der Waals surface area contributed by atoms with Crippen molar-refractivity contribution >= 4 is 17.7 Å². The Morgan fingerprint density at radius 2 is 1.83 bits per heavy atom. The third kappa shape index (κ3) is 4.96. The first-order chi connectivity index (χ1) is 14.4. The average Bonchev–Trinajstić information content (AvgIpc) is 3.05. The van der Waals surface area contributed by atoms with E-state index >= 15 is 0 Å². The van der Waals surface area contributed by atoms with Crippen LogP contribution in [0, 0.1) is 25.6 Å². The highest BCUT2D eigenvalue weighted by Gasteiger charge is 2.22. The first-order valence-corrected chi connectivity index (χ1v) is 10.3. The number of ketones is 1. The summed E-state index contributed by atoms with van der Waals surface area (Å²) in [5, 5.41) is 2.60. The monoisotopic (exact) mass is 414 g/mol. The second-order valence-electron chi connectivity index (χ2n) is 7.71. The summed E-state index contributed by atoms with van der Waals surface area (Å²) in [5.41, 5.74) is 2.00. The number of carbonyl (C=O) groups is 3. The zero-order valence-electron chi connectivity index (χ0n) is 17.4. The number of amides is 1. The number of aryl methyl sites for hydroxylation is 1. The van der Waals surface area contributed by atoms with E-state index in [9.17, 15) is 18.8 Å². The quantitative estimate of drug-likeness (QED) is 0.554. The van der Waals surface area contributed by atoms with Crippen LogP contribution in [-0.2, 0) is 14.3 Å². The van der Waals surface area contributed by atoms with Gasteiger partial charge in [-0.15, -0.1) is 0 Å². The van der Waals surface area contributed by atoms with Crippen molar-refractivity contribution in [3.63, 3.8) is 0 Å². The third-order valence-corrected chi connectivity index (χ3v) is 5.57. The van der Waals surface area contributed by atoms with Gasteiger partial charge in [0.1, 0.15) is 12.4 Å². The maximum atomic E-state index is 14.2. The molecular weight excluding hydrogens is 387 g/mol. The van der Waals surface area contributed by atoms with E-state index in [-0.39, 0.29) is 24.2 Å². The van der Waals surface area contributed by atoms with Gasteiger partial charge in [0, 0.05) is 22.9 Å². The number of hydrogen-bond acceptors (Lipinski definition) is 4. The van der Waals surface area contributed by atoms with Crippen molar-refractivity contribution in [2.24, 2.45) is 5.92 Å². The van der Waals surface area contributed by atoms with Gasteiger partial charge in [-0.25, -0.2) is 4.39 Å². The molecule has 0 bridgehead atoms. The van der Waals surface area contributed by atoms with E-state index in [1.165, 1.54) is 6.07 Å². The number of benzene rings is 1. The smallest absolute Gasteiger partial charge is 0.325 e. The van der Waals surface area contributed by atoms with E-state index in [1.54, 1.807) is 42.7 Å². The van der Waals surface area contributed by atoms with Gasteiger partial charge < -0.3 is 14.6 Å². The van der Waals surface area contributed by atoms with Gasteiger partial charge in [-0.05, 0) is 44.9 Å². The second-order valence-corrected chi connectivity index (χ2v) is 7.71. The standard InChI is InChI=1S/C23H27FN2O4/c1-15-12-18(16(2)26(15)20-11-7-6-10-19(20)24)21(27)14-30-22(28)13-25-23(29)17-8-4-3-5-9-17/h6-7,10-12,17H,3-5,8-9,13-14H2,1-2H3,(H,25,29). The Hall–Kier alpha value is -2.96. The molecule has 1 aromatic heterocycles. The van der Waals surface area contributed by atoms with Crippen molar-refractivity contribution < 1.29 is 23.5 Å². The Bertz CT molecular complexity index is 945. The lowest BCUT2D eigenvalue weighted by molar-refractivity contribution is -0.143. The van der Waals surface area contributed by atoms with Gasteiger partial charge in [-0.2, -0.15) is 0 Å². The van der Waals surface area contributed by atoms with Gasteiger partial charge in [0.25, 0.3) is 0 Å². The van der Waals surface area contributed by atoms with E-state index < -0.39 is 18.4 Å². The SMILES string of the molecule is Cc1cc(C(=O)COC(=O)CNC(=O)C2CCCCC2)c(C)n1-c1ccccc1F. The summed E-state index contributed by atoms with van der Waals surface area (Å²) in [6.07, 6.45) is 4.89. The number of nitrogens with one attached hydrogen (secondary N) is 1. The number of halogens is 1. The molecule has 0 aliphatic heterocycles. The van der Waals surface area contributed by atoms with E-state index in [1.807, 2.05) is 0 Å². The summed E-state index contributed by atoms with van der Waals surface area (Å²) in [4.78, 5) is 36.6. The van der Waals surface area contributed by atoms with Crippen LogP contribution in [0.15, 0.2) is 30.3 Å². The van der Waals surface area contributed by atoms with Crippen molar-refractivity contribution in [2.75, 3.05) is 13.2 Å². The second kappa shape index (κ2) is 9.69. The van der Waals surface area contributed by atoms with Crippen LogP contribution in [-0.4, -0.2) is 35.4 Å². The molecule has 1 saturated carbocycles. The molecule has 7 heteroatoms. The largest absolute Gasteiger partial charge is 0.456 e. The summed E-state index contributed by atoms with van der Waals surface area (Å²) in [6.45, 7) is 2.82. The van der Waals surface area contributed by atoms with Gasteiger partial charge in [0.2, 0.25) is 11.7 Å². The molecule has 1 N–H and O–H groups in total. The van der Waals surface area contributed by atoms with E-state index in [0.717, 1.165) is 32.1 Å². The Morgan fingerprint density at radius 3 is 2.53 bits per heavy atom. The van der Waals surface area contributed by atoms with Crippen LogP contribution in [0.5, 0.6) is 0 Å². The van der Waals surface area contributed by atoms with Crippen molar-refractivity contribution in [1.82, 2.24) is 9.88 Å². The predicted molar refractivity (Wildman–Crippen MR) is 110 cm³/mol. The fourth-order valence-electron chi connectivity index (χ4n) is 3.99. The van der Waals surface area contributed by atoms with E-state index in [4.69, 9.17) is 4.74 Å². The molecular formula is C23H27FN2O4. The zero-order chi connectivity index (χ0) is 21.7. The number of para-hydroxylation sites is 1. The molecule has 1 aliphatic carbocycles. The lowest BCUT2D eigenvalue weighted by Gasteiger charge is -2.20. The number of hydrogen-bond donors (Lipinski definition) is 1. The molecule has 2 aromatic rings. The van der Waals surface area contributed by atoms with Crippen LogP contribution in [0.4, 0.5) is 4.39 Å². The summed E-state index contributed by atoms with van der Waals surface area (Å²) >= 11 is 0. The molecule has 1 aliphatic rings. The minimum absolute atomic E-state index is 0.0445. The van der Waals surface area contributed by atoms with Gasteiger partial charge in [-0.3, -0.25) is 14.4 Å². The molecule has 0 atom stereocenters. The average molecular weight is 414 g/mol. The van der Waals surface area contributed by atoms with Crippen LogP contribution in [0.3, 0.4) is 0 Å². The van der Waals surface area contributed by atoms with Crippen molar-refractivity contribution in [1.29, 1.82) is 0 Å². The van der Waals surface area contributed by atoms with Crippen molar-refractivity contribution in [2.45, 2.75) is 46.0 Å². The number of esters is 1. The highest BCUT2D eigenvalue weighted by molar-refractivity contribution is 5.99. The fraction of sp³-hybridized carbons (Fsp3) is 0.435. The van der Waals surface area contributed by atoms with Gasteiger partial charge in [-0.1, -0.05) is 31.4 Å². The topological polar surface area (TPSA) is 77.4 Å². The third-order valence-electron chi connectivity index (χ3n) is 5.57. The molecule has 3 rings (SSSR count). The number of nitrogens with zero attached hydrogens (tertiary/aromatic N) is 1. The molecule has 1 heterocycles. The van der Waals surface area contributed by atoms with Crippen molar-refractivity contribution in [3.05, 3.63) is 53.1 Å². The minimum atomic E-state index is -0.657. The molecule has 1 fully saturated rings. The normalized spacial score (nSPS) is 14.4. The number of rotatable bonds is 7. The summed E-state index contributed by atoms with van der Waals surface area (Å²) < 4.78 is 20.9. The molecule has 160 valence electrons. The first-order valence-electron chi connectivity index (χ1n) is 10.3. The predicted octanol–water partition coefficient (Wildman–Crippen LogP) is 3.66. The van der Waals surface area contributed by atoms with E-state index in [0.29, 0.717) is 22.6 Å². The lowest BCUT2D eigenvalue weighted by atomic mass is 9.89. The van der Waals surface area contributed by atoms with Crippen LogP contribution in [0.1, 0.15) is 53.8 Å². The van der Waals surface area contributed by atoms with Crippen LogP contribution in [0.2, 0.25) is 0 Å². The van der Waals surface area contributed by atoms with Gasteiger partial charge in [0.15, 0.2) is 6.61 Å². The van der Waals surface area contributed by atoms with Crippen molar-refractivity contribution in [3.8, 4) is 5.69 Å². The summed E-state index contributed by atoms with van der Waals surface area (Å²) in [6, 6.07) is 7.98. The lowest BCUT2D eigenvalue weighted by Crippen LogP contribution is -2.36. The van der Waals surface area contributed by atoms with Crippen LogP contribution in [0.25, 0.3) is 5.69 Å². The maximum absolute atomic E-state index is 14.2. The molecule has 1 aromatic carbocycles. The maximum Gasteiger partial charge on any atom is 0.325 e. The number of carbonyl (C=O) groups excluding carboxylic acids is 3. The first kappa shape index (κ1) is 21.7. The Balaban J connectivity index is 1.56. The van der Waals surface area contributed by atoms with Crippen LogP contribution < -0.4 is 5.32 Å². The zero-order valence-corrected chi connectivity index (χ0v) is 17.4. The van der Waals surface area contributed by atoms with Crippen LogP contribution >= 0.6 is 0 Å². The fourth-order valence-corrected chi connectivity index (χ4v) is 3.99. The summed E-state index contributed by atoms with van der Waals surface area (Å²) in [5.74, 6) is -1.60. The number of Topliss-reactive ketones (excluding diaryl/α,β-unsaturated/α-hetero) is 1. The molecule has 0 spiro atoms. The molecule has 0 unspecified atom stereocenters. The molecule has 6 nitrogen and oxygen atoms in total. The number of ether oxygens (including phenoxy) is 1.